The van der Waals surface area contributed by atoms with E-state index in [1.54, 1.807) is 11.9 Å². The summed E-state index contributed by atoms with van der Waals surface area (Å²) in [6.07, 6.45) is 1.29. The summed E-state index contributed by atoms with van der Waals surface area (Å²) in [5.74, 6) is 0.122. The molecule has 23 heavy (non-hydrogen) atoms. The minimum absolute atomic E-state index is 0.0270. The Hall–Kier alpha value is -1.88. The van der Waals surface area contributed by atoms with E-state index in [4.69, 9.17) is 0 Å². The highest BCUT2D eigenvalue weighted by atomic mass is 16.2. The first-order valence-corrected chi connectivity index (χ1v) is 8.06. The van der Waals surface area contributed by atoms with Gasteiger partial charge < -0.3 is 15.1 Å². The largest absolute Gasteiger partial charge is 0.356 e. The van der Waals surface area contributed by atoms with E-state index in [-0.39, 0.29) is 11.8 Å². The smallest absolute Gasteiger partial charge is 0.236 e. The molecular weight excluding hydrogens is 290 g/mol. The van der Waals surface area contributed by atoms with Gasteiger partial charge in [0.15, 0.2) is 0 Å². The first-order valence-electron chi connectivity index (χ1n) is 8.06. The summed E-state index contributed by atoms with van der Waals surface area (Å²) < 4.78 is 0. The molecular formula is C18H27N3O2. The Labute approximate surface area is 138 Å². The molecule has 1 aromatic carbocycles. The number of rotatable bonds is 6. The fraction of sp³-hybridized carbons (Fsp3) is 0.556. The first kappa shape index (κ1) is 17.5. The monoisotopic (exact) mass is 317 g/mol. The zero-order chi connectivity index (χ0) is 17.2. The third kappa shape index (κ3) is 3.72. The Kier molecular flexibility index (Phi) is 5.09. The number of nitrogens with one attached hydrogen (secondary N) is 1. The summed E-state index contributed by atoms with van der Waals surface area (Å²) in [5, 5.41) is 2.95. The molecule has 0 aliphatic carbocycles. The van der Waals surface area contributed by atoms with E-state index in [1.807, 2.05) is 46.1 Å². The third-order valence-corrected chi connectivity index (χ3v) is 4.40. The Morgan fingerprint density at radius 3 is 2.65 bits per heavy atom. The number of benzene rings is 1. The second-order valence-corrected chi connectivity index (χ2v) is 7.02. The quantitative estimate of drug-likeness (QED) is 0.810. The van der Waals surface area contributed by atoms with Crippen LogP contribution in [0.5, 0.6) is 0 Å². The zero-order valence-electron chi connectivity index (χ0n) is 14.8. The minimum Gasteiger partial charge on any atom is -0.356 e. The molecule has 1 heterocycles. The maximum Gasteiger partial charge on any atom is 0.236 e. The van der Waals surface area contributed by atoms with Gasteiger partial charge in [0.25, 0.3) is 0 Å². The van der Waals surface area contributed by atoms with Crippen LogP contribution in [0.3, 0.4) is 0 Å². The summed E-state index contributed by atoms with van der Waals surface area (Å²) in [6, 6.07) is 5.87. The molecule has 0 spiro atoms. The number of amides is 2. The molecule has 0 atom stereocenters. The van der Waals surface area contributed by atoms with E-state index in [0.717, 1.165) is 29.8 Å². The van der Waals surface area contributed by atoms with E-state index >= 15 is 0 Å². The van der Waals surface area contributed by atoms with Crippen LogP contribution in [0.25, 0.3) is 0 Å². The Morgan fingerprint density at radius 2 is 2.00 bits per heavy atom. The van der Waals surface area contributed by atoms with Gasteiger partial charge in [-0.1, -0.05) is 12.1 Å². The van der Waals surface area contributed by atoms with Crippen LogP contribution < -0.4 is 10.2 Å². The lowest BCUT2D eigenvalue weighted by Gasteiger charge is -2.16. The molecule has 0 bridgehead atoms. The van der Waals surface area contributed by atoms with Crippen LogP contribution in [0, 0.1) is 0 Å². The average Bonchev–Trinajstić information content (AvgIpc) is 2.65. The van der Waals surface area contributed by atoms with Crippen LogP contribution in [0.2, 0.25) is 0 Å². The predicted octanol–water partition coefficient (Wildman–Crippen LogP) is 1.55. The van der Waals surface area contributed by atoms with Crippen LogP contribution >= 0.6 is 0 Å². The molecule has 0 aromatic heterocycles. The van der Waals surface area contributed by atoms with Gasteiger partial charge in [-0.2, -0.15) is 0 Å². The summed E-state index contributed by atoms with van der Waals surface area (Å²) in [6.45, 7) is 5.52. The van der Waals surface area contributed by atoms with E-state index in [2.05, 4.69) is 10.2 Å². The topological polar surface area (TPSA) is 52.7 Å². The maximum atomic E-state index is 12.3. The molecule has 0 unspecified atom stereocenters. The van der Waals surface area contributed by atoms with Crippen molar-refractivity contribution in [3.05, 3.63) is 29.3 Å². The van der Waals surface area contributed by atoms with Gasteiger partial charge in [-0.05, 0) is 58.1 Å². The molecule has 0 radical (unpaired) electrons. The maximum absolute atomic E-state index is 12.3. The van der Waals surface area contributed by atoms with Gasteiger partial charge in [0, 0.05) is 19.3 Å². The number of likely N-dealkylation sites (N-methyl/N-ethyl adjacent to an activating group) is 1. The lowest BCUT2D eigenvalue weighted by Crippen LogP contribution is -2.33. The van der Waals surface area contributed by atoms with Crippen molar-refractivity contribution in [1.29, 1.82) is 0 Å². The second kappa shape index (κ2) is 6.71. The highest BCUT2D eigenvalue weighted by molar-refractivity contribution is 6.07. The highest BCUT2D eigenvalue weighted by Gasteiger charge is 2.42. The van der Waals surface area contributed by atoms with Crippen molar-refractivity contribution in [2.75, 3.05) is 39.1 Å². The number of hydrogen-bond acceptors (Lipinski definition) is 3. The van der Waals surface area contributed by atoms with Gasteiger partial charge in [0.1, 0.15) is 0 Å². The zero-order valence-corrected chi connectivity index (χ0v) is 14.8. The molecule has 126 valence electrons. The Bertz CT molecular complexity index is 608. The van der Waals surface area contributed by atoms with Crippen LogP contribution in [-0.2, 0) is 21.4 Å². The van der Waals surface area contributed by atoms with Crippen LogP contribution in [0.1, 0.15) is 31.4 Å². The summed E-state index contributed by atoms with van der Waals surface area (Å²) in [5.41, 5.74) is 2.37. The average molecular weight is 317 g/mol. The van der Waals surface area contributed by atoms with Crippen molar-refractivity contribution in [1.82, 2.24) is 10.2 Å². The molecule has 0 fully saturated rings. The number of carbonyl (C=O) groups excluding carboxylic acids is 2. The number of hydrogen-bond donors (Lipinski definition) is 1. The number of anilines is 1. The van der Waals surface area contributed by atoms with Crippen molar-refractivity contribution in [3.8, 4) is 0 Å². The normalized spacial score (nSPS) is 15.9. The molecule has 1 aromatic rings. The molecule has 5 heteroatoms. The second-order valence-electron chi connectivity index (χ2n) is 7.02. The number of fused-ring (bicyclic) bond motifs is 1. The van der Waals surface area contributed by atoms with Crippen LogP contribution in [0.15, 0.2) is 18.2 Å². The molecule has 2 rings (SSSR count). The third-order valence-electron chi connectivity index (χ3n) is 4.40. The van der Waals surface area contributed by atoms with Crippen molar-refractivity contribution in [2.45, 2.75) is 32.1 Å². The van der Waals surface area contributed by atoms with Crippen molar-refractivity contribution >= 4 is 17.5 Å². The minimum atomic E-state index is -0.526. The molecule has 5 nitrogen and oxygen atoms in total. The van der Waals surface area contributed by atoms with Gasteiger partial charge in [-0.25, -0.2) is 0 Å². The van der Waals surface area contributed by atoms with Crippen LogP contribution in [-0.4, -0.2) is 50.9 Å². The first-order chi connectivity index (χ1) is 10.7. The number of nitrogens with zero attached hydrogens (tertiary/aromatic N) is 2. The van der Waals surface area contributed by atoms with Gasteiger partial charge in [-0.3, -0.25) is 9.59 Å². The Morgan fingerprint density at radius 1 is 1.30 bits per heavy atom. The molecule has 1 aliphatic rings. The molecule has 0 saturated carbocycles. The molecule has 1 N–H and O–H groups in total. The molecule has 2 amide bonds. The standard InChI is InChI=1S/C18H27N3O2/c1-18(2)14-11-13(7-8-15(14)21(5)17(18)23)12-16(22)19-9-6-10-20(3)4/h7-8,11H,6,9-10,12H2,1-5H3,(H,19,22). The fourth-order valence-electron chi connectivity index (χ4n) is 3.00. The molecule has 0 saturated heterocycles. The lowest BCUT2D eigenvalue weighted by molar-refractivity contribution is -0.122. The van der Waals surface area contributed by atoms with Crippen molar-refractivity contribution < 1.29 is 9.59 Å². The number of carbonyl (C=O) groups is 2. The SMILES string of the molecule is CN(C)CCCNC(=O)Cc1ccc2c(c1)C(C)(C)C(=O)N2C. The lowest BCUT2D eigenvalue weighted by atomic mass is 9.85. The van der Waals surface area contributed by atoms with E-state index in [0.29, 0.717) is 13.0 Å². The summed E-state index contributed by atoms with van der Waals surface area (Å²) in [7, 11) is 5.84. The summed E-state index contributed by atoms with van der Waals surface area (Å²) >= 11 is 0. The highest BCUT2D eigenvalue weighted by Crippen LogP contribution is 2.41. The van der Waals surface area contributed by atoms with Crippen molar-refractivity contribution in [2.24, 2.45) is 0 Å². The summed E-state index contributed by atoms with van der Waals surface area (Å²) in [4.78, 5) is 28.1. The van der Waals surface area contributed by atoms with E-state index < -0.39 is 5.41 Å². The van der Waals surface area contributed by atoms with E-state index in [1.165, 1.54) is 0 Å². The van der Waals surface area contributed by atoms with Gasteiger partial charge in [-0.15, -0.1) is 0 Å². The fourth-order valence-corrected chi connectivity index (χ4v) is 3.00. The van der Waals surface area contributed by atoms with E-state index in [9.17, 15) is 9.59 Å². The van der Waals surface area contributed by atoms with Gasteiger partial charge >= 0.3 is 0 Å². The van der Waals surface area contributed by atoms with Gasteiger partial charge in [0.2, 0.25) is 11.8 Å². The molecule has 1 aliphatic heterocycles. The van der Waals surface area contributed by atoms with Crippen LogP contribution in [0.4, 0.5) is 5.69 Å². The predicted molar refractivity (Wildman–Crippen MR) is 92.8 cm³/mol. The van der Waals surface area contributed by atoms with Gasteiger partial charge in [0.05, 0.1) is 11.8 Å². The Balaban J connectivity index is 2.00. The van der Waals surface area contributed by atoms with Crippen molar-refractivity contribution in [3.63, 3.8) is 0 Å².